The van der Waals surface area contributed by atoms with Crippen LogP contribution in [0, 0.1) is 18.3 Å². The van der Waals surface area contributed by atoms with Crippen LogP contribution < -0.4 is 0 Å². The molecule has 1 aromatic carbocycles. The number of aliphatic hydroxyl groups is 1. The third kappa shape index (κ3) is 18.1. The van der Waals surface area contributed by atoms with Gasteiger partial charge in [-0.25, -0.2) is 0 Å². The van der Waals surface area contributed by atoms with Crippen molar-refractivity contribution in [3.63, 3.8) is 0 Å². The molecule has 0 spiro atoms. The summed E-state index contributed by atoms with van der Waals surface area (Å²) in [5, 5.41) is 17.0. The van der Waals surface area contributed by atoms with Gasteiger partial charge in [-0.1, -0.05) is 117 Å². The number of hydrogen-bond acceptors (Lipinski definition) is 2. The Morgan fingerprint density at radius 1 is 0.951 bits per heavy atom. The van der Waals surface area contributed by atoms with Crippen LogP contribution in [-0.4, -0.2) is 20.9 Å². The maximum Gasteiger partial charge on any atom is 0.0863 e. The third-order valence-electron chi connectivity index (χ3n) is 7.60. The van der Waals surface area contributed by atoms with Crippen LogP contribution in [0.15, 0.2) is 54.3 Å². The van der Waals surface area contributed by atoms with Crippen molar-refractivity contribution in [2.24, 2.45) is 11.3 Å². The molecule has 0 amide bonds. The van der Waals surface area contributed by atoms with Crippen molar-refractivity contribution in [1.29, 1.82) is 0 Å². The summed E-state index contributed by atoms with van der Waals surface area (Å²) in [6, 6.07) is 8.56. The highest BCUT2D eigenvalue weighted by atomic mass is 16.3. The Morgan fingerprint density at radius 2 is 1.51 bits per heavy atom. The molecule has 2 atom stereocenters. The van der Waals surface area contributed by atoms with Crippen molar-refractivity contribution in [3.05, 3.63) is 76.6 Å². The van der Waals surface area contributed by atoms with Crippen molar-refractivity contribution in [2.75, 3.05) is 0 Å². The smallest absolute Gasteiger partial charge is 0.0863 e. The van der Waals surface area contributed by atoms with Gasteiger partial charge in [0.05, 0.1) is 11.8 Å². The van der Waals surface area contributed by atoms with Crippen molar-refractivity contribution in [2.45, 2.75) is 152 Å². The molecule has 0 radical (unpaired) electrons. The lowest BCUT2D eigenvalue weighted by atomic mass is 9.81. The van der Waals surface area contributed by atoms with Crippen LogP contribution in [0.3, 0.4) is 0 Å². The second-order valence-electron chi connectivity index (χ2n) is 13.4. The molecule has 2 rings (SSSR count). The number of nitrogens with one attached hydrogen (secondary N) is 1. The SMILES string of the molecule is C=C(C)C(C)(O)Cc1ccc(CCCC)cc1.CC/C=C(/CC(C)(C)C)C(C)CCC.CCCCc1cn[nH]c1C. The number of unbranched alkanes of at least 4 members (excludes halogenated alkanes) is 2. The Balaban J connectivity index is 0.000000605. The van der Waals surface area contributed by atoms with E-state index in [2.05, 4.69) is 109 Å². The number of benzene rings is 1. The zero-order valence-electron chi connectivity index (χ0n) is 28.9. The fourth-order valence-corrected chi connectivity index (χ4v) is 4.69. The number of rotatable bonds is 14. The lowest BCUT2D eigenvalue weighted by Gasteiger charge is -2.24. The van der Waals surface area contributed by atoms with Crippen LogP contribution in [0.25, 0.3) is 0 Å². The molecule has 1 aromatic heterocycles. The standard InChI is InChI=1S/C16H24O.C14H28.C8H14N2/c1-5-6-7-14-8-10-15(11-9-14)12-16(4,17)13(2)3;1-7-9-12(3)13(10-8-2)11-14(4,5)6;1-3-4-5-8-6-9-10-7(8)2/h8-11,17H,2,5-7,12H2,1,3-4H3;10,12H,7-9,11H2,1-6H3;6H,3-5H2,1-2H3,(H,9,10)/b;13-10-;. The first kappa shape index (κ1) is 38.9. The summed E-state index contributed by atoms with van der Waals surface area (Å²) >= 11 is 0. The van der Waals surface area contributed by atoms with E-state index in [0.717, 1.165) is 17.9 Å². The molecule has 0 saturated heterocycles. The van der Waals surface area contributed by atoms with Gasteiger partial charge in [0.2, 0.25) is 0 Å². The minimum atomic E-state index is -0.801. The summed E-state index contributed by atoms with van der Waals surface area (Å²) in [4.78, 5) is 0. The monoisotopic (exact) mass is 567 g/mol. The molecule has 0 bridgehead atoms. The van der Waals surface area contributed by atoms with E-state index in [-0.39, 0.29) is 0 Å². The number of H-pyrrole nitrogens is 1. The molecule has 0 fully saturated rings. The van der Waals surface area contributed by atoms with E-state index in [1.807, 2.05) is 20.0 Å². The molecule has 2 unspecified atom stereocenters. The molecule has 0 saturated carbocycles. The number of aryl methyl sites for hydroxylation is 3. The molecular weight excluding hydrogens is 500 g/mol. The van der Waals surface area contributed by atoms with Gasteiger partial charge in [-0.05, 0) is 99.3 Å². The highest BCUT2D eigenvalue weighted by Crippen LogP contribution is 2.30. The predicted molar refractivity (Wildman–Crippen MR) is 183 cm³/mol. The zero-order chi connectivity index (χ0) is 31.5. The number of nitrogens with zero attached hydrogens (tertiary/aromatic N) is 1. The largest absolute Gasteiger partial charge is 0.385 e. The Kier molecular flexibility index (Phi) is 19.6. The van der Waals surface area contributed by atoms with Gasteiger partial charge in [0, 0.05) is 12.1 Å². The summed E-state index contributed by atoms with van der Waals surface area (Å²) in [7, 11) is 0. The van der Waals surface area contributed by atoms with E-state index < -0.39 is 5.60 Å². The third-order valence-corrected chi connectivity index (χ3v) is 7.60. The van der Waals surface area contributed by atoms with E-state index >= 15 is 0 Å². The van der Waals surface area contributed by atoms with Gasteiger partial charge in [-0.3, -0.25) is 5.10 Å². The highest BCUT2D eigenvalue weighted by Gasteiger charge is 2.21. The molecule has 2 aromatic rings. The number of allylic oxidation sites excluding steroid dienone is 2. The molecule has 234 valence electrons. The van der Waals surface area contributed by atoms with Gasteiger partial charge in [0.1, 0.15) is 0 Å². The second kappa shape index (κ2) is 20.7. The predicted octanol–water partition coefficient (Wildman–Crippen LogP) is 11.2. The van der Waals surface area contributed by atoms with Crippen molar-refractivity contribution < 1.29 is 5.11 Å². The van der Waals surface area contributed by atoms with Gasteiger partial charge in [-0.15, -0.1) is 0 Å². The second-order valence-corrected chi connectivity index (χ2v) is 13.4. The first-order chi connectivity index (χ1) is 19.2. The quantitative estimate of drug-likeness (QED) is 0.223. The Labute approximate surface area is 255 Å². The average Bonchev–Trinajstić information content (AvgIpc) is 3.31. The Bertz CT molecular complexity index is 972. The number of aromatic nitrogens is 2. The maximum atomic E-state index is 10.2. The highest BCUT2D eigenvalue weighted by molar-refractivity contribution is 5.26. The average molecular weight is 567 g/mol. The first-order valence-electron chi connectivity index (χ1n) is 16.3. The minimum Gasteiger partial charge on any atom is -0.385 e. The molecule has 3 nitrogen and oxygen atoms in total. The van der Waals surface area contributed by atoms with Crippen molar-refractivity contribution >= 4 is 0 Å². The van der Waals surface area contributed by atoms with E-state index in [4.69, 9.17) is 0 Å². The maximum absolute atomic E-state index is 10.2. The van der Waals surface area contributed by atoms with E-state index in [9.17, 15) is 5.11 Å². The topological polar surface area (TPSA) is 48.9 Å². The van der Waals surface area contributed by atoms with Crippen LogP contribution in [0.1, 0.15) is 143 Å². The van der Waals surface area contributed by atoms with Crippen LogP contribution in [-0.2, 0) is 19.3 Å². The van der Waals surface area contributed by atoms with Crippen LogP contribution in [0.4, 0.5) is 0 Å². The van der Waals surface area contributed by atoms with Crippen molar-refractivity contribution in [3.8, 4) is 0 Å². The van der Waals surface area contributed by atoms with E-state index in [1.165, 1.54) is 80.2 Å². The summed E-state index contributed by atoms with van der Waals surface area (Å²) in [6.45, 7) is 27.9. The van der Waals surface area contributed by atoms with Gasteiger partial charge in [0.25, 0.3) is 0 Å². The summed E-state index contributed by atoms with van der Waals surface area (Å²) in [5.41, 5.74) is 7.24. The molecule has 1 heterocycles. The van der Waals surface area contributed by atoms with Gasteiger partial charge in [0.15, 0.2) is 0 Å². The van der Waals surface area contributed by atoms with E-state index in [0.29, 0.717) is 11.8 Å². The molecule has 3 heteroatoms. The van der Waals surface area contributed by atoms with E-state index in [1.54, 1.807) is 5.57 Å². The fourth-order valence-electron chi connectivity index (χ4n) is 4.69. The molecule has 41 heavy (non-hydrogen) atoms. The van der Waals surface area contributed by atoms with Gasteiger partial charge < -0.3 is 5.11 Å². The molecule has 0 aliphatic heterocycles. The molecule has 0 aliphatic rings. The van der Waals surface area contributed by atoms with Gasteiger partial charge >= 0.3 is 0 Å². The van der Waals surface area contributed by atoms with Gasteiger partial charge in [-0.2, -0.15) is 5.10 Å². The summed E-state index contributed by atoms with van der Waals surface area (Å²) in [5.74, 6) is 0.777. The fraction of sp³-hybridized carbons (Fsp3) is 0.658. The lowest BCUT2D eigenvalue weighted by molar-refractivity contribution is 0.0996. The molecule has 0 aliphatic carbocycles. The summed E-state index contributed by atoms with van der Waals surface area (Å²) < 4.78 is 0. The van der Waals surface area contributed by atoms with Crippen LogP contribution in [0.5, 0.6) is 0 Å². The zero-order valence-corrected chi connectivity index (χ0v) is 28.9. The van der Waals surface area contributed by atoms with Crippen molar-refractivity contribution in [1.82, 2.24) is 10.2 Å². The first-order valence-corrected chi connectivity index (χ1v) is 16.3. The normalized spacial score (nSPS) is 13.8. The van der Waals surface area contributed by atoms with Crippen LogP contribution in [0.2, 0.25) is 0 Å². The lowest BCUT2D eigenvalue weighted by Crippen LogP contribution is -2.28. The summed E-state index contributed by atoms with van der Waals surface area (Å²) in [6.07, 6.45) is 17.4. The number of aromatic amines is 1. The Hall–Kier alpha value is -2.13. The number of hydrogen-bond donors (Lipinski definition) is 2. The van der Waals surface area contributed by atoms with Crippen LogP contribution >= 0.6 is 0 Å². The molecular formula is C38H66N2O. The molecule has 2 N–H and O–H groups in total. The minimum absolute atomic E-state index is 0.434. The Morgan fingerprint density at radius 3 is 1.95 bits per heavy atom.